The van der Waals surface area contributed by atoms with Crippen LogP contribution in [0, 0.1) is 0 Å². The zero-order valence-corrected chi connectivity index (χ0v) is 12.1. The molecule has 0 aliphatic heterocycles. The van der Waals surface area contributed by atoms with Crippen LogP contribution < -0.4 is 5.32 Å². The fraction of sp³-hybridized carbons (Fsp3) is 0.133. The van der Waals surface area contributed by atoms with Gasteiger partial charge in [-0.25, -0.2) is 0 Å². The SMILES string of the molecule is CCc1cc(Br)ccc1NC(=O)/C=C/c1ccco1. The number of rotatable bonds is 4. The molecule has 0 saturated carbocycles. The van der Waals surface area contributed by atoms with E-state index in [1.165, 1.54) is 6.08 Å². The lowest BCUT2D eigenvalue weighted by atomic mass is 10.1. The lowest BCUT2D eigenvalue weighted by molar-refractivity contribution is -0.111. The molecule has 0 aliphatic carbocycles. The Morgan fingerprint density at radius 3 is 2.95 bits per heavy atom. The van der Waals surface area contributed by atoms with Gasteiger partial charge in [0.1, 0.15) is 5.76 Å². The number of carbonyl (C=O) groups excluding carboxylic acids is 1. The van der Waals surface area contributed by atoms with Crippen LogP contribution in [0.25, 0.3) is 6.08 Å². The van der Waals surface area contributed by atoms with E-state index in [1.54, 1.807) is 24.5 Å². The fourth-order valence-electron chi connectivity index (χ4n) is 1.70. The van der Waals surface area contributed by atoms with Gasteiger partial charge >= 0.3 is 0 Å². The highest BCUT2D eigenvalue weighted by molar-refractivity contribution is 9.10. The van der Waals surface area contributed by atoms with Crippen molar-refractivity contribution in [2.75, 3.05) is 5.32 Å². The van der Waals surface area contributed by atoms with Crippen LogP contribution in [0.15, 0.2) is 51.6 Å². The second kappa shape index (κ2) is 6.38. The summed E-state index contributed by atoms with van der Waals surface area (Å²) in [7, 11) is 0. The Hall–Kier alpha value is -1.81. The molecule has 0 atom stereocenters. The summed E-state index contributed by atoms with van der Waals surface area (Å²) in [5, 5.41) is 2.86. The Morgan fingerprint density at radius 1 is 1.42 bits per heavy atom. The van der Waals surface area contributed by atoms with Gasteiger partial charge in [-0.1, -0.05) is 22.9 Å². The van der Waals surface area contributed by atoms with E-state index >= 15 is 0 Å². The molecule has 1 amide bonds. The van der Waals surface area contributed by atoms with Gasteiger partial charge in [0.05, 0.1) is 6.26 Å². The number of halogens is 1. The lowest BCUT2D eigenvalue weighted by Gasteiger charge is -2.08. The van der Waals surface area contributed by atoms with Crippen molar-refractivity contribution in [1.29, 1.82) is 0 Å². The molecule has 0 saturated heterocycles. The highest BCUT2D eigenvalue weighted by atomic mass is 79.9. The minimum absolute atomic E-state index is 0.173. The molecule has 1 N–H and O–H groups in total. The van der Waals surface area contributed by atoms with Gasteiger partial charge in [0.25, 0.3) is 0 Å². The number of anilines is 1. The third-order valence-corrected chi connectivity index (χ3v) is 3.14. The standard InChI is InChI=1S/C15H14BrNO2/c1-2-11-10-12(16)5-7-14(11)17-15(18)8-6-13-4-3-9-19-13/h3-10H,2H2,1H3,(H,17,18)/b8-6+. The number of nitrogens with one attached hydrogen (secondary N) is 1. The minimum atomic E-state index is -0.173. The van der Waals surface area contributed by atoms with Gasteiger partial charge < -0.3 is 9.73 Å². The van der Waals surface area contributed by atoms with Gasteiger partial charge in [-0.15, -0.1) is 0 Å². The number of hydrogen-bond acceptors (Lipinski definition) is 2. The van der Waals surface area contributed by atoms with Crippen LogP contribution in [0.4, 0.5) is 5.69 Å². The molecule has 0 unspecified atom stereocenters. The Morgan fingerprint density at radius 2 is 2.26 bits per heavy atom. The Balaban J connectivity index is 2.06. The van der Waals surface area contributed by atoms with E-state index in [2.05, 4.69) is 28.2 Å². The van der Waals surface area contributed by atoms with Gasteiger partial charge in [0.15, 0.2) is 0 Å². The lowest BCUT2D eigenvalue weighted by Crippen LogP contribution is -2.09. The molecular formula is C15H14BrNO2. The third kappa shape index (κ3) is 3.83. The van der Waals surface area contributed by atoms with E-state index in [-0.39, 0.29) is 5.91 Å². The topological polar surface area (TPSA) is 42.2 Å². The predicted molar refractivity (Wildman–Crippen MR) is 79.9 cm³/mol. The first-order chi connectivity index (χ1) is 9.19. The van der Waals surface area contributed by atoms with Crippen molar-refractivity contribution in [2.45, 2.75) is 13.3 Å². The molecule has 1 aromatic carbocycles. The molecule has 19 heavy (non-hydrogen) atoms. The van der Waals surface area contributed by atoms with Crippen molar-refractivity contribution < 1.29 is 9.21 Å². The summed E-state index contributed by atoms with van der Waals surface area (Å²) < 4.78 is 6.13. The third-order valence-electron chi connectivity index (χ3n) is 2.65. The summed E-state index contributed by atoms with van der Waals surface area (Å²) in [6, 6.07) is 9.38. The molecule has 0 spiro atoms. The molecule has 0 radical (unpaired) electrons. The van der Waals surface area contributed by atoms with Crippen LogP contribution in [0.1, 0.15) is 18.2 Å². The number of aryl methyl sites for hydroxylation is 1. The van der Waals surface area contributed by atoms with Crippen LogP contribution >= 0.6 is 15.9 Å². The summed E-state index contributed by atoms with van der Waals surface area (Å²) in [5.74, 6) is 0.482. The van der Waals surface area contributed by atoms with Gasteiger partial charge in [0.2, 0.25) is 5.91 Å². The molecule has 1 heterocycles. The zero-order valence-electron chi connectivity index (χ0n) is 10.5. The summed E-state index contributed by atoms with van der Waals surface area (Å²) in [6.45, 7) is 2.05. The minimum Gasteiger partial charge on any atom is -0.465 e. The van der Waals surface area contributed by atoms with Crippen LogP contribution in [0.3, 0.4) is 0 Å². The van der Waals surface area contributed by atoms with Crippen molar-refractivity contribution in [3.05, 3.63) is 58.5 Å². The molecule has 2 aromatic rings. The van der Waals surface area contributed by atoms with Crippen molar-refractivity contribution >= 4 is 33.6 Å². The molecule has 2 rings (SSSR count). The van der Waals surface area contributed by atoms with Gasteiger partial charge in [-0.2, -0.15) is 0 Å². The highest BCUT2D eigenvalue weighted by Crippen LogP contribution is 2.21. The normalized spacial score (nSPS) is 10.8. The maximum absolute atomic E-state index is 11.8. The number of furan rings is 1. The second-order valence-corrected chi connectivity index (χ2v) is 4.91. The number of benzene rings is 1. The van der Waals surface area contributed by atoms with Crippen molar-refractivity contribution in [1.82, 2.24) is 0 Å². The van der Waals surface area contributed by atoms with Gasteiger partial charge in [0, 0.05) is 16.2 Å². The molecule has 1 aromatic heterocycles. The highest BCUT2D eigenvalue weighted by Gasteiger charge is 2.04. The van der Waals surface area contributed by atoms with E-state index in [4.69, 9.17) is 4.42 Å². The molecule has 3 nitrogen and oxygen atoms in total. The summed E-state index contributed by atoms with van der Waals surface area (Å²) in [6.07, 6.45) is 5.53. The van der Waals surface area contributed by atoms with E-state index in [1.807, 2.05) is 18.2 Å². The second-order valence-electron chi connectivity index (χ2n) is 3.99. The summed E-state index contributed by atoms with van der Waals surface area (Å²) in [4.78, 5) is 11.8. The van der Waals surface area contributed by atoms with Gasteiger partial charge in [-0.3, -0.25) is 4.79 Å². The first-order valence-electron chi connectivity index (χ1n) is 6.00. The van der Waals surface area contributed by atoms with E-state index in [0.717, 1.165) is 22.1 Å². The predicted octanol–water partition coefficient (Wildman–Crippen LogP) is 4.26. The molecule has 0 bridgehead atoms. The smallest absolute Gasteiger partial charge is 0.248 e. The van der Waals surface area contributed by atoms with Crippen LogP contribution in [-0.2, 0) is 11.2 Å². The van der Waals surface area contributed by atoms with Crippen LogP contribution in [-0.4, -0.2) is 5.91 Å². The van der Waals surface area contributed by atoms with E-state index < -0.39 is 0 Å². The number of hydrogen-bond donors (Lipinski definition) is 1. The first-order valence-corrected chi connectivity index (χ1v) is 6.79. The zero-order chi connectivity index (χ0) is 13.7. The van der Waals surface area contributed by atoms with Crippen molar-refractivity contribution in [2.24, 2.45) is 0 Å². The van der Waals surface area contributed by atoms with Gasteiger partial charge in [-0.05, 0) is 48.4 Å². The molecule has 98 valence electrons. The van der Waals surface area contributed by atoms with Crippen LogP contribution in [0.5, 0.6) is 0 Å². The largest absolute Gasteiger partial charge is 0.465 e. The van der Waals surface area contributed by atoms with Crippen LogP contribution in [0.2, 0.25) is 0 Å². The van der Waals surface area contributed by atoms with E-state index in [0.29, 0.717) is 5.76 Å². The average Bonchev–Trinajstić information content (AvgIpc) is 2.91. The maximum Gasteiger partial charge on any atom is 0.248 e. The monoisotopic (exact) mass is 319 g/mol. The van der Waals surface area contributed by atoms with Crippen molar-refractivity contribution in [3.8, 4) is 0 Å². The Kier molecular flexibility index (Phi) is 4.58. The fourth-order valence-corrected chi connectivity index (χ4v) is 2.10. The molecule has 0 fully saturated rings. The molecule has 0 aliphatic rings. The average molecular weight is 320 g/mol. The molecular weight excluding hydrogens is 306 g/mol. The molecule has 4 heteroatoms. The summed E-state index contributed by atoms with van der Waals surface area (Å²) in [5.41, 5.74) is 1.92. The Labute approximate surface area is 120 Å². The Bertz CT molecular complexity index is 588. The number of carbonyl (C=O) groups is 1. The quantitative estimate of drug-likeness (QED) is 0.856. The van der Waals surface area contributed by atoms with E-state index in [9.17, 15) is 4.79 Å². The summed E-state index contributed by atoms with van der Waals surface area (Å²) >= 11 is 3.42. The number of amides is 1. The first kappa shape index (κ1) is 13.6. The van der Waals surface area contributed by atoms with Crippen molar-refractivity contribution in [3.63, 3.8) is 0 Å². The maximum atomic E-state index is 11.8.